The third kappa shape index (κ3) is 4.17. The number of carboxylic acids is 1. The summed E-state index contributed by atoms with van der Waals surface area (Å²) in [4.78, 5) is 12.8. The van der Waals surface area contributed by atoms with Crippen LogP contribution in [0, 0.1) is 17.7 Å². The topological polar surface area (TPSA) is 40.5 Å². The van der Waals surface area contributed by atoms with Crippen LogP contribution in [0.25, 0.3) is 6.08 Å². The van der Waals surface area contributed by atoms with Crippen LogP contribution < -0.4 is 0 Å². The predicted molar refractivity (Wildman–Crippen MR) is 76.7 cm³/mol. The van der Waals surface area contributed by atoms with Gasteiger partial charge >= 0.3 is 5.97 Å². The molecule has 0 radical (unpaired) electrons. The van der Waals surface area contributed by atoms with Crippen molar-refractivity contribution >= 4 is 12.0 Å². The summed E-state index contributed by atoms with van der Waals surface area (Å²) in [5, 5.41) is 8.68. The fourth-order valence-electron chi connectivity index (χ4n) is 2.44. The summed E-state index contributed by atoms with van der Waals surface area (Å²) in [5.41, 5.74) is 1.57. The minimum Gasteiger partial charge on any atom is -0.478 e. The number of halogens is 1. The molecule has 108 valence electrons. The predicted octanol–water partition coefficient (Wildman–Crippen LogP) is 3.01. The summed E-state index contributed by atoms with van der Waals surface area (Å²) in [6.07, 6.45) is 3.77. The summed E-state index contributed by atoms with van der Waals surface area (Å²) in [5.74, 6) is 0.188. The van der Waals surface area contributed by atoms with E-state index in [1.807, 2.05) is 7.05 Å². The van der Waals surface area contributed by atoms with Crippen LogP contribution in [0.3, 0.4) is 0 Å². The maximum atomic E-state index is 13.3. The van der Waals surface area contributed by atoms with Crippen molar-refractivity contribution < 1.29 is 14.3 Å². The lowest BCUT2D eigenvalue weighted by Crippen LogP contribution is -2.21. The zero-order valence-corrected chi connectivity index (χ0v) is 11.8. The van der Waals surface area contributed by atoms with Gasteiger partial charge in [-0.05, 0) is 54.6 Å². The van der Waals surface area contributed by atoms with E-state index in [0.717, 1.165) is 30.0 Å². The van der Waals surface area contributed by atoms with E-state index in [1.165, 1.54) is 24.6 Å². The molecule has 20 heavy (non-hydrogen) atoms. The van der Waals surface area contributed by atoms with Crippen LogP contribution in [0.15, 0.2) is 24.3 Å². The van der Waals surface area contributed by atoms with Crippen molar-refractivity contribution in [1.29, 1.82) is 0 Å². The van der Waals surface area contributed by atoms with E-state index < -0.39 is 5.97 Å². The van der Waals surface area contributed by atoms with Crippen LogP contribution in [0.5, 0.6) is 0 Å². The molecule has 1 aromatic carbocycles. The number of benzene rings is 1. The van der Waals surface area contributed by atoms with Gasteiger partial charge in [-0.1, -0.05) is 13.0 Å². The summed E-state index contributed by atoms with van der Waals surface area (Å²) >= 11 is 0. The first-order chi connectivity index (χ1) is 9.45. The van der Waals surface area contributed by atoms with Gasteiger partial charge in [-0.25, -0.2) is 9.18 Å². The lowest BCUT2D eigenvalue weighted by atomic mass is 10.1. The molecule has 1 aliphatic carbocycles. The lowest BCUT2D eigenvalue weighted by molar-refractivity contribution is -0.131. The number of hydrogen-bond donors (Lipinski definition) is 1. The number of carbonyl (C=O) groups is 1. The Kier molecular flexibility index (Phi) is 4.55. The third-order valence-electron chi connectivity index (χ3n) is 3.78. The van der Waals surface area contributed by atoms with Crippen LogP contribution in [0.4, 0.5) is 4.39 Å². The van der Waals surface area contributed by atoms with Crippen LogP contribution in [0.2, 0.25) is 0 Å². The maximum Gasteiger partial charge on any atom is 0.328 e. The largest absolute Gasteiger partial charge is 0.478 e. The Morgan fingerprint density at radius 1 is 1.55 bits per heavy atom. The van der Waals surface area contributed by atoms with Gasteiger partial charge in [0.2, 0.25) is 0 Å². The van der Waals surface area contributed by atoms with Gasteiger partial charge in [-0.2, -0.15) is 0 Å². The molecule has 0 heterocycles. The Hall–Kier alpha value is -1.68. The second-order valence-electron chi connectivity index (χ2n) is 5.68. The molecule has 0 saturated heterocycles. The SMILES string of the molecule is CC1CC1CN(C)Cc1ccc(F)cc1C=CC(=O)O. The van der Waals surface area contributed by atoms with Gasteiger partial charge < -0.3 is 10.0 Å². The molecule has 2 unspecified atom stereocenters. The molecular weight excluding hydrogens is 257 g/mol. The van der Waals surface area contributed by atoms with Gasteiger partial charge in [0.25, 0.3) is 0 Å². The van der Waals surface area contributed by atoms with Gasteiger partial charge in [-0.3, -0.25) is 0 Å². The highest BCUT2D eigenvalue weighted by atomic mass is 19.1. The molecule has 0 spiro atoms. The minimum atomic E-state index is -1.03. The van der Waals surface area contributed by atoms with Crippen molar-refractivity contribution in [2.24, 2.45) is 11.8 Å². The van der Waals surface area contributed by atoms with E-state index in [2.05, 4.69) is 11.8 Å². The van der Waals surface area contributed by atoms with Gasteiger partial charge in [0.1, 0.15) is 5.82 Å². The van der Waals surface area contributed by atoms with Crippen molar-refractivity contribution in [2.75, 3.05) is 13.6 Å². The molecule has 1 N–H and O–H groups in total. The van der Waals surface area contributed by atoms with E-state index in [-0.39, 0.29) is 5.82 Å². The second kappa shape index (κ2) is 6.18. The average molecular weight is 277 g/mol. The number of nitrogens with zero attached hydrogens (tertiary/aromatic N) is 1. The van der Waals surface area contributed by atoms with Crippen molar-refractivity contribution in [2.45, 2.75) is 19.9 Å². The quantitative estimate of drug-likeness (QED) is 0.813. The van der Waals surface area contributed by atoms with E-state index in [4.69, 9.17) is 5.11 Å². The molecule has 4 heteroatoms. The summed E-state index contributed by atoms with van der Waals surface area (Å²) in [6, 6.07) is 4.52. The Balaban J connectivity index is 2.07. The lowest BCUT2D eigenvalue weighted by Gasteiger charge is -2.18. The zero-order chi connectivity index (χ0) is 14.7. The van der Waals surface area contributed by atoms with Crippen LogP contribution >= 0.6 is 0 Å². The van der Waals surface area contributed by atoms with Crippen molar-refractivity contribution in [3.8, 4) is 0 Å². The van der Waals surface area contributed by atoms with Gasteiger partial charge in [-0.15, -0.1) is 0 Å². The van der Waals surface area contributed by atoms with Gasteiger partial charge in [0.15, 0.2) is 0 Å². The Bertz CT molecular complexity index is 527. The van der Waals surface area contributed by atoms with Crippen LogP contribution in [-0.2, 0) is 11.3 Å². The molecular formula is C16H20FNO2. The number of aliphatic carboxylic acids is 1. The van der Waals surface area contributed by atoms with Gasteiger partial charge in [0, 0.05) is 19.2 Å². The summed E-state index contributed by atoms with van der Waals surface area (Å²) in [7, 11) is 2.04. The maximum absolute atomic E-state index is 13.3. The summed E-state index contributed by atoms with van der Waals surface area (Å²) < 4.78 is 13.3. The van der Waals surface area contributed by atoms with E-state index in [1.54, 1.807) is 6.07 Å². The first kappa shape index (κ1) is 14.7. The number of hydrogen-bond acceptors (Lipinski definition) is 2. The van der Waals surface area contributed by atoms with Crippen LogP contribution in [0.1, 0.15) is 24.5 Å². The molecule has 2 atom stereocenters. The summed E-state index contributed by atoms with van der Waals surface area (Å²) in [6.45, 7) is 3.97. The normalized spacial score (nSPS) is 21.6. The standard InChI is InChI=1S/C16H20FNO2/c1-11-7-14(11)10-18(2)9-13-3-5-15(17)8-12(13)4-6-16(19)20/h3-6,8,11,14H,7,9-10H2,1-2H3,(H,19,20). The molecule has 1 saturated carbocycles. The molecule has 1 aliphatic rings. The Morgan fingerprint density at radius 2 is 2.25 bits per heavy atom. The highest BCUT2D eigenvalue weighted by molar-refractivity contribution is 5.85. The molecule has 0 aromatic heterocycles. The monoisotopic (exact) mass is 277 g/mol. The first-order valence-electron chi connectivity index (χ1n) is 6.83. The number of carboxylic acid groups (broad SMARTS) is 1. The van der Waals surface area contributed by atoms with E-state index >= 15 is 0 Å². The minimum absolute atomic E-state index is 0.350. The molecule has 0 bridgehead atoms. The third-order valence-corrected chi connectivity index (χ3v) is 3.78. The smallest absolute Gasteiger partial charge is 0.328 e. The second-order valence-corrected chi connectivity index (χ2v) is 5.68. The van der Waals surface area contributed by atoms with Crippen LogP contribution in [-0.4, -0.2) is 29.6 Å². The average Bonchev–Trinajstić information content (AvgIpc) is 3.04. The molecule has 2 rings (SSSR count). The molecule has 0 amide bonds. The van der Waals surface area contributed by atoms with E-state index in [0.29, 0.717) is 12.1 Å². The highest BCUT2D eigenvalue weighted by Crippen LogP contribution is 2.38. The molecule has 1 aromatic rings. The molecule has 0 aliphatic heterocycles. The fraction of sp³-hybridized carbons (Fsp3) is 0.438. The van der Waals surface area contributed by atoms with E-state index in [9.17, 15) is 9.18 Å². The first-order valence-corrected chi connectivity index (χ1v) is 6.83. The van der Waals surface area contributed by atoms with Gasteiger partial charge in [0.05, 0.1) is 0 Å². The highest BCUT2D eigenvalue weighted by Gasteiger charge is 2.33. The number of rotatable bonds is 6. The Morgan fingerprint density at radius 3 is 2.85 bits per heavy atom. The van der Waals surface area contributed by atoms with Crippen molar-refractivity contribution in [3.63, 3.8) is 0 Å². The van der Waals surface area contributed by atoms with Crippen molar-refractivity contribution in [1.82, 2.24) is 4.90 Å². The zero-order valence-electron chi connectivity index (χ0n) is 11.8. The molecule has 1 fully saturated rings. The van der Waals surface area contributed by atoms with Crippen molar-refractivity contribution in [3.05, 3.63) is 41.2 Å². The fourth-order valence-corrected chi connectivity index (χ4v) is 2.44. The Labute approximate surface area is 118 Å². The molecule has 3 nitrogen and oxygen atoms in total.